The van der Waals surface area contributed by atoms with Gasteiger partial charge in [-0.25, -0.2) is 0 Å². The third kappa shape index (κ3) is 6.97. The first-order valence-electron chi connectivity index (χ1n) is 5.03. The summed E-state index contributed by atoms with van der Waals surface area (Å²) in [5.41, 5.74) is 0. The molecule has 0 aliphatic heterocycles. The van der Waals surface area contributed by atoms with Crippen LogP contribution in [0.5, 0.6) is 0 Å². The van der Waals surface area contributed by atoms with Gasteiger partial charge in [0.25, 0.3) is 0 Å². The molecule has 1 atom stereocenters. The topological polar surface area (TPSA) is 29.1 Å². The lowest BCUT2D eigenvalue weighted by atomic mass is 10.1. The predicted octanol–water partition coefficient (Wildman–Crippen LogP) is 2.47. The molecule has 0 heterocycles. The van der Waals surface area contributed by atoms with E-state index in [0.717, 1.165) is 24.6 Å². The van der Waals surface area contributed by atoms with E-state index in [1.54, 1.807) is 0 Å². The van der Waals surface area contributed by atoms with Crippen LogP contribution in [0.4, 0.5) is 0 Å². The molecule has 0 aromatic heterocycles. The number of halogens is 1. The molecule has 0 aromatic carbocycles. The van der Waals surface area contributed by atoms with Crippen molar-refractivity contribution in [2.75, 3.05) is 5.33 Å². The van der Waals surface area contributed by atoms with Gasteiger partial charge in [0, 0.05) is 24.2 Å². The first-order valence-corrected chi connectivity index (χ1v) is 6.15. The van der Waals surface area contributed by atoms with E-state index in [2.05, 4.69) is 27.2 Å². The second-order valence-corrected chi connectivity index (χ2v) is 4.02. The SMILES string of the molecule is C#CCC(CC)NC(=O)CCCCBr. The summed E-state index contributed by atoms with van der Waals surface area (Å²) in [6.07, 6.45) is 9.30. The second kappa shape index (κ2) is 9.08. The standard InChI is InChI=1S/C11H18BrNO/c1-3-7-10(4-2)13-11(14)8-5-6-9-12/h1,10H,4-9H2,2H3,(H,13,14). The quantitative estimate of drug-likeness (QED) is 0.425. The summed E-state index contributed by atoms with van der Waals surface area (Å²) < 4.78 is 0. The molecule has 1 amide bonds. The summed E-state index contributed by atoms with van der Waals surface area (Å²) in [6, 6.07) is 0.150. The van der Waals surface area contributed by atoms with Crippen LogP contribution in [-0.4, -0.2) is 17.3 Å². The van der Waals surface area contributed by atoms with E-state index in [4.69, 9.17) is 6.42 Å². The maximum atomic E-state index is 11.4. The molecule has 0 spiro atoms. The van der Waals surface area contributed by atoms with Crippen molar-refractivity contribution >= 4 is 21.8 Å². The minimum absolute atomic E-state index is 0.119. The maximum Gasteiger partial charge on any atom is 0.220 e. The number of unbranched alkanes of at least 4 members (excludes halogenated alkanes) is 1. The Labute approximate surface area is 95.0 Å². The highest BCUT2D eigenvalue weighted by atomic mass is 79.9. The van der Waals surface area contributed by atoms with Gasteiger partial charge in [-0.3, -0.25) is 4.79 Å². The van der Waals surface area contributed by atoms with Crippen LogP contribution in [-0.2, 0) is 4.79 Å². The van der Waals surface area contributed by atoms with Gasteiger partial charge in [0.2, 0.25) is 5.91 Å². The monoisotopic (exact) mass is 259 g/mol. The fourth-order valence-corrected chi connectivity index (χ4v) is 1.52. The van der Waals surface area contributed by atoms with Crippen LogP contribution < -0.4 is 5.32 Å². The van der Waals surface area contributed by atoms with Crippen molar-refractivity contribution in [3.63, 3.8) is 0 Å². The molecule has 0 aliphatic rings. The van der Waals surface area contributed by atoms with Crippen molar-refractivity contribution < 1.29 is 4.79 Å². The molecule has 0 rings (SSSR count). The van der Waals surface area contributed by atoms with E-state index in [1.807, 2.05) is 6.92 Å². The van der Waals surface area contributed by atoms with Gasteiger partial charge in [0.15, 0.2) is 0 Å². The van der Waals surface area contributed by atoms with Crippen LogP contribution in [0, 0.1) is 12.3 Å². The van der Waals surface area contributed by atoms with Crippen LogP contribution in [0.25, 0.3) is 0 Å². The van der Waals surface area contributed by atoms with Gasteiger partial charge in [-0.05, 0) is 19.3 Å². The summed E-state index contributed by atoms with van der Waals surface area (Å²) in [4.78, 5) is 11.4. The van der Waals surface area contributed by atoms with Gasteiger partial charge in [0.05, 0.1) is 0 Å². The fraction of sp³-hybridized carbons (Fsp3) is 0.727. The van der Waals surface area contributed by atoms with Crippen molar-refractivity contribution in [2.24, 2.45) is 0 Å². The number of alkyl halides is 1. The first kappa shape index (κ1) is 13.5. The molecule has 80 valence electrons. The molecule has 3 heteroatoms. The van der Waals surface area contributed by atoms with E-state index < -0.39 is 0 Å². The molecule has 0 saturated heterocycles. The largest absolute Gasteiger partial charge is 0.352 e. The van der Waals surface area contributed by atoms with Crippen molar-refractivity contribution in [3.8, 4) is 12.3 Å². The summed E-state index contributed by atoms with van der Waals surface area (Å²) >= 11 is 3.33. The summed E-state index contributed by atoms with van der Waals surface area (Å²) in [5, 5.41) is 3.89. The van der Waals surface area contributed by atoms with Crippen molar-refractivity contribution in [1.82, 2.24) is 5.32 Å². The van der Waals surface area contributed by atoms with E-state index in [-0.39, 0.29) is 11.9 Å². The summed E-state index contributed by atoms with van der Waals surface area (Å²) in [7, 11) is 0. The highest BCUT2D eigenvalue weighted by molar-refractivity contribution is 9.09. The zero-order chi connectivity index (χ0) is 10.8. The Balaban J connectivity index is 3.63. The summed E-state index contributed by atoms with van der Waals surface area (Å²) in [6.45, 7) is 2.03. The number of carbonyl (C=O) groups is 1. The zero-order valence-corrected chi connectivity index (χ0v) is 10.3. The molecule has 0 aromatic rings. The average Bonchev–Trinajstić information content (AvgIpc) is 2.17. The average molecular weight is 260 g/mol. The number of hydrogen-bond donors (Lipinski definition) is 1. The molecule has 0 radical (unpaired) electrons. The van der Waals surface area contributed by atoms with Crippen LogP contribution in [0.15, 0.2) is 0 Å². The predicted molar refractivity (Wildman–Crippen MR) is 63.3 cm³/mol. The van der Waals surface area contributed by atoms with Crippen LogP contribution >= 0.6 is 15.9 Å². The number of terminal acetylenes is 1. The Morgan fingerprint density at radius 1 is 1.57 bits per heavy atom. The molecule has 1 N–H and O–H groups in total. The Kier molecular flexibility index (Phi) is 8.76. The zero-order valence-electron chi connectivity index (χ0n) is 8.68. The van der Waals surface area contributed by atoms with Gasteiger partial charge in [-0.15, -0.1) is 12.3 Å². The molecule has 0 aliphatic carbocycles. The van der Waals surface area contributed by atoms with Crippen LogP contribution in [0.2, 0.25) is 0 Å². The summed E-state index contributed by atoms with van der Waals surface area (Å²) in [5.74, 6) is 2.69. The van der Waals surface area contributed by atoms with E-state index in [9.17, 15) is 4.79 Å². The fourth-order valence-electron chi connectivity index (χ4n) is 1.12. The first-order chi connectivity index (χ1) is 6.74. The number of hydrogen-bond acceptors (Lipinski definition) is 1. The van der Waals surface area contributed by atoms with Gasteiger partial charge >= 0.3 is 0 Å². The van der Waals surface area contributed by atoms with Crippen LogP contribution in [0.1, 0.15) is 39.0 Å². The molecule has 1 unspecified atom stereocenters. The molecule has 14 heavy (non-hydrogen) atoms. The number of amides is 1. The Morgan fingerprint density at radius 3 is 2.79 bits per heavy atom. The third-order valence-corrected chi connectivity index (χ3v) is 2.57. The van der Waals surface area contributed by atoms with E-state index in [0.29, 0.717) is 12.8 Å². The van der Waals surface area contributed by atoms with Crippen molar-refractivity contribution in [2.45, 2.75) is 45.1 Å². The Bertz CT molecular complexity index is 198. The van der Waals surface area contributed by atoms with E-state index >= 15 is 0 Å². The Hall–Kier alpha value is -0.490. The number of nitrogens with one attached hydrogen (secondary N) is 1. The molecule has 2 nitrogen and oxygen atoms in total. The highest BCUT2D eigenvalue weighted by Gasteiger charge is 2.08. The lowest BCUT2D eigenvalue weighted by Crippen LogP contribution is -2.33. The smallest absolute Gasteiger partial charge is 0.220 e. The third-order valence-electron chi connectivity index (χ3n) is 2.01. The molecule has 0 saturated carbocycles. The minimum atomic E-state index is 0.119. The lowest BCUT2D eigenvalue weighted by Gasteiger charge is -2.13. The lowest BCUT2D eigenvalue weighted by molar-refractivity contribution is -0.121. The number of rotatable bonds is 7. The van der Waals surface area contributed by atoms with Crippen molar-refractivity contribution in [1.29, 1.82) is 0 Å². The second-order valence-electron chi connectivity index (χ2n) is 3.23. The molecular formula is C11H18BrNO. The van der Waals surface area contributed by atoms with Crippen LogP contribution in [0.3, 0.4) is 0 Å². The maximum absolute atomic E-state index is 11.4. The highest BCUT2D eigenvalue weighted by Crippen LogP contribution is 2.01. The van der Waals surface area contributed by atoms with Gasteiger partial charge in [-0.1, -0.05) is 22.9 Å². The van der Waals surface area contributed by atoms with Crippen molar-refractivity contribution in [3.05, 3.63) is 0 Å². The normalized spacial score (nSPS) is 11.8. The van der Waals surface area contributed by atoms with Gasteiger partial charge in [-0.2, -0.15) is 0 Å². The molecular weight excluding hydrogens is 242 g/mol. The minimum Gasteiger partial charge on any atom is -0.352 e. The Morgan fingerprint density at radius 2 is 2.29 bits per heavy atom. The number of carbonyl (C=O) groups excluding carboxylic acids is 1. The molecule has 0 fully saturated rings. The van der Waals surface area contributed by atoms with Gasteiger partial charge in [0.1, 0.15) is 0 Å². The van der Waals surface area contributed by atoms with E-state index in [1.165, 1.54) is 0 Å². The van der Waals surface area contributed by atoms with Gasteiger partial charge < -0.3 is 5.32 Å². The molecule has 0 bridgehead atoms.